The number of benzene rings is 2. The first-order valence-electron chi connectivity index (χ1n) is 12.8. The fourth-order valence-corrected chi connectivity index (χ4v) is 6.64. The Morgan fingerprint density at radius 3 is 2.45 bits per heavy atom. The summed E-state index contributed by atoms with van der Waals surface area (Å²) in [6, 6.07) is 12.9. The van der Waals surface area contributed by atoms with Crippen LogP contribution in [0, 0.1) is 11.8 Å². The second kappa shape index (κ2) is 8.65. The number of fused-ring (bicyclic) bond motifs is 4. The predicted octanol–water partition coefficient (Wildman–Crippen LogP) is 2.63. The van der Waals surface area contributed by atoms with Gasteiger partial charge in [-0.05, 0) is 41.8 Å². The van der Waals surface area contributed by atoms with Crippen LogP contribution in [0.15, 0.2) is 65.6 Å². The van der Waals surface area contributed by atoms with Crippen LogP contribution in [0.25, 0.3) is 16.7 Å². The average Bonchev–Trinajstić information content (AvgIpc) is 2.91. The zero-order valence-electron chi connectivity index (χ0n) is 21.8. The number of primary amides is 1. The lowest BCUT2D eigenvalue weighted by Crippen LogP contribution is -2.58. The molecule has 1 unspecified atom stereocenters. The Morgan fingerprint density at radius 1 is 1.10 bits per heavy atom. The number of rotatable bonds is 3. The van der Waals surface area contributed by atoms with Gasteiger partial charge in [-0.25, -0.2) is 0 Å². The van der Waals surface area contributed by atoms with Crippen LogP contribution < -0.4 is 10.6 Å². The Morgan fingerprint density at radius 2 is 1.80 bits per heavy atom. The van der Waals surface area contributed by atoms with E-state index in [0.717, 1.165) is 11.3 Å². The van der Waals surface area contributed by atoms with E-state index >= 15 is 0 Å². The van der Waals surface area contributed by atoms with Gasteiger partial charge >= 0.3 is 0 Å². The maximum absolute atomic E-state index is 14.1. The van der Waals surface area contributed by atoms with Gasteiger partial charge in [-0.2, -0.15) is 0 Å². The number of phenolic OH excluding ortho intramolecular Hbond substituents is 1. The molecule has 6 rings (SSSR count). The van der Waals surface area contributed by atoms with Crippen LogP contribution >= 0.6 is 0 Å². The predicted molar refractivity (Wildman–Crippen MR) is 146 cm³/mol. The van der Waals surface area contributed by atoms with Gasteiger partial charge in [0.15, 0.2) is 17.1 Å². The van der Waals surface area contributed by atoms with Crippen LogP contribution in [-0.4, -0.2) is 62.6 Å². The largest absolute Gasteiger partial charge is 0.508 e. The monoisotopic (exact) mass is 541 g/mol. The molecule has 0 bridgehead atoms. The number of hydrogen-bond acceptors (Lipinski definition) is 9. The summed E-state index contributed by atoms with van der Waals surface area (Å²) in [7, 11) is 3.81. The van der Waals surface area contributed by atoms with Gasteiger partial charge in [0.25, 0.3) is 5.91 Å². The van der Waals surface area contributed by atoms with Gasteiger partial charge in [0.1, 0.15) is 22.6 Å². The summed E-state index contributed by atoms with van der Waals surface area (Å²) in [5.74, 6) is -7.41. The number of anilines is 1. The van der Waals surface area contributed by atoms with Gasteiger partial charge in [0, 0.05) is 61.1 Å². The third-order valence-electron chi connectivity index (χ3n) is 8.54. The molecule has 2 aromatic carbocycles. The molecule has 3 aromatic rings. The van der Waals surface area contributed by atoms with Crippen molar-refractivity contribution in [3.05, 3.63) is 82.3 Å². The van der Waals surface area contributed by atoms with Gasteiger partial charge in [-0.15, -0.1) is 0 Å². The Labute approximate surface area is 228 Å². The second-order valence-corrected chi connectivity index (χ2v) is 10.8. The van der Waals surface area contributed by atoms with E-state index in [4.69, 9.17) is 5.73 Å². The number of phenols is 1. The molecule has 1 heterocycles. The number of aromatic nitrogens is 1. The van der Waals surface area contributed by atoms with Crippen LogP contribution in [0.1, 0.15) is 35.4 Å². The zero-order chi connectivity index (χ0) is 28.7. The molecule has 10 nitrogen and oxygen atoms in total. The van der Waals surface area contributed by atoms with E-state index in [-0.39, 0.29) is 35.2 Å². The minimum Gasteiger partial charge on any atom is -0.508 e. The standard InChI is InChI=1S/C30H27N3O7/c1-33(2)16-7-5-13(6-8-16)20-17-10-14-4-3-9-32-24(14)26(36)21(17)25(35)22-18(20)11-15-12-19(34)23(29(31)39)28(38)30(15,40)27(22)37/h3-10,15,18,20,35-36,38,40H,11-12H2,1-2H3,(H2,31,39)/t15-,18?,20-,30-/m0/s1. The number of aliphatic hydroxyl groups excluding tert-OH is 2. The molecule has 6 N–H and O–H groups in total. The normalized spacial score (nSPS) is 25.9. The lowest BCUT2D eigenvalue weighted by Gasteiger charge is -2.48. The van der Waals surface area contributed by atoms with Gasteiger partial charge in [0.2, 0.25) is 5.78 Å². The number of carbonyl (C=O) groups excluding carboxylic acids is 3. The van der Waals surface area contributed by atoms with Crippen molar-refractivity contribution in [3.63, 3.8) is 0 Å². The molecule has 1 aromatic heterocycles. The molecule has 3 aliphatic rings. The van der Waals surface area contributed by atoms with Crippen molar-refractivity contribution in [2.75, 3.05) is 19.0 Å². The third kappa shape index (κ3) is 3.32. The molecule has 1 fully saturated rings. The number of amides is 1. The number of nitrogens with two attached hydrogens (primary N) is 1. The van der Waals surface area contributed by atoms with E-state index in [9.17, 15) is 34.8 Å². The summed E-state index contributed by atoms with van der Waals surface area (Å²) >= 11 is 0. The van der Waals surface area contributed by atoms with Crippen molar-refractivity contribution in [1.82, 2.24) is 4.98 Å². The molecule has 40 heavy (non-hydrogen) atoms. The highest BCUT2D eigenvalue weighted by atomic mass is 16.3. The van der Waals surface area contributed by atoms with Gasteiger partial charge in [-0.1, -0.05) is 18.2 Å². The summed E-state index contributed by atoms with van der Waals surface area (Å²) in [4.78, 5) is 45.0. The molecule has 0 saturated heterocycles. The highest BCUT2D eigenvalue weighted by Gasteiger charge is 2.61. The fraction of sp³-hybridized carbons (Fsp3) is 0.267. The minimum absolute atomic E-state index is 0.0000149. The van der Waals surface area contributed by atoms with Crippen molar-refractivity contribution >= 4 is 39.8 Å². The van der Waals surface area contributed by atoms with Crippen molar-refractivity contribution in [2.24, 2.45) is 17.6 Å². The molecule has 10 heteroatoms. The average molecular weight is 542 g/mol. The highest BCUT2D eigenvalue weighted by molar-refractivity contribution is 6.23. The molecule has 1 saturated carbocycles. The maximum atomic E-state index is 14.1. The third-order valence-corrected chi connectivity index (χ3v) is 8.54. The van der Waals surface area contributed by atoms with Gasteiger partial charge in [0.05, 0.1) is 5.56 Å². The first-order valence-corrected chi connectivity index (χ1v) is 12.8. The van der Waals surface area contributed by atoms with Gasteiger partial charge in [-0.3, -0.25) is 19.4 Å². The fourth-order valence-electron chi connectivity index (χ4n) is 6.64. The van der Waals surface area contributed by atoms with Crippen LogP contribution in [0.2, 0.25) is 0 Å². The molecule has 4 atom stereocenters. The SMILES string of the molecule is CN(C)c1ccc([C@H]2c3cc4cccnc4c(O)c3C(O)=C3C(=O)[C@]4(O)C(O)=C(C(N)=O)C(=O)C[C@@H]4CC32)cc1. The van der Waals surface area contributed by atoms with Crippen LogP contribution in [-0.2, 0) is 14.4 Å². The van der Waals surface area contributed by atoms with E-state index < -0.39 is 57.9 Å². The number of aliphatic hydroxyl groups is 3. The first kappa shape index (κ1) is 25.6. The Bertz CT molecular complexity index is 1710. The van der Waals surface area contributed by atoms with Crippen LogP contribution in [0.3, 0.4) is 0 Å². The molecule has 204 valence electrons. The van der Waals surface area contributed by atoms with Crippen molar-refractivity contribution in [1.29, 1.82) is 0 Å². The highest BCUT2D eigenvalue weighted by Crippen LogP contribution is 2.57. The van der Waals surface area contributed by atoms with E-state index in [1.807, 2.05) is 49.3 Å². The smallest absolute Gasteiger partial charge is 0.255 e. The quantitative estimate of drug-likeness (QED) is 0.312. The first-order chi connectivity index (χ1) is 19.0. The van der Waals surface area contributed by atoms with E-state index in [1.54, 1.807) is 12.1 Å². The molecule has 1 amide bonds. The summed E-state index contributed by atoms with van der Waals surface area (Å²) in [5.41, 5.74) is 4.12. The molecule has 3 aliphatic carbocycles. The lowest BCUT2D eigenvalue weighted by molar-refractivity contribution is -0.147. The van der Waals surface area contributed by atoms with E-state index in [2.05, 4.69) is 4.98 Å². The van der Waals surface area contributed by atoms with E-state index in [0.29, 0.717) is 10.9 Å². The number of aromatic hydroxyl groups is 1. The Hall–Kier alpha value is -4.70. The molecule has 0 aliphatic heterocycles. The summed E-state index contributed by atoms with van der Waals surface area (Å²) < 4.78 is 0. The Kier molecular flexibility index (Phi) is 5.53. The van der Waals surface area contributed by atoms with Crippen molar-refractivity contribution in [3.8, 4) is 5.75 Å². The lowest BCUT2D eigenvalue weighted by atomic mass is 9.56. The summed E-state index contributed by atoms with van der Waals surface area (Å²) in [6.07, 6.45) is 1.13. The minimum atomic E-state index is -2.64. The number of ketones is 2. The molecule has 0 spiro atoms. The Balaban J connectivity index is 1.64. The number of carbonyl (C=O) groups is 3. The number of pyridine rings is 1. The van der Waals surface area contributed by atoms with E-state index in [1.165, 1.54) is 6.20 Å². The van der Waals surface area contributed by atoms with Crippen molar-refractivity contribution in [2.45, 2.75) is 24.4 Å². The molecule has 0 radical (unpaired) electrons. The maximum Gasteiger partial charge on any atom is 0.255 e. The summed E-state index contributed by atoms with van der Waals surface area (Å²) in [5, 5.41) is 46.0. The number of Topliss-reactive ketones (excluding diaryl/α,β-unsaturated/α-hetero) is 2. The van der Waals surface area contributed by atoms with Gasteiger partial charge < -0.3 is 31.1 Å². The number of nitrogens with zero attached hydrogens (tertiary/aromatic N) is 2. The molecular weight excluding hydrogens is 514 g/mol. The molecular formula is C30H27N3O7. The van der Waals surface area contributed by atoms with Crippen LogP contribution in [0.4, 0.5) is 5.69 Å². The zero-order valence-corrected chi connectivity index (χ0v) is 21.8. The topological polar surface area (TPSA) is 174 Å². The number of hydrogen-bond donors (Lipinski definition) is 5. The van der Waals surface area contributed by atoms with Crippen molar-refractivity contribution < 1.29 is 34.8 Å². The second-order valence-electron chi connectivity index (χ2n) is 10.8. The van der Waals surface area contributed by atoms with Crippen LogP contribution in [0.5, 0.6) is 5.75 Å². The summed E-state index contributed by atoms with van der Waals surface area (Å²) in [6.45, 7) is 0.